The van der Waals surface area contributed by atoms with Crippen LogP contribution in [0, 0.1) is 52.3 Å². The zero-order valence-corrected chi connectivity index (χ0v) is 36.5. The molecule has 0 aromatic carbocycles. The van der Waals surface area contributed by atoms with Gasteiger partial charge in [0, 0.05) is 12.3 Å². The van der Waals surface area contributed by atoms with Gasteiger partial charge in [-0.3, -0.25) is 0 Å². The van der Waals surface area contributed by atoms with Gasteiger partial charge < -0.3 is 89.3 Å². The number of hydrogen-bond acceptors (Lipinski definition) is 18. The minimum Gasteiger partial charge on any atom is -0.394 e. The first-order chi connectivity index (χ1) is 29.3. The zero-order valence-electron chi connectivity index (χ0n) is 36.5. The Balaban J connectivity index is 0.835. The van der Waals surface area contributed by atoms with E-state index < -0.39 is 105 Å². The van der Waals surface area contributed by atoms with Crippen LogP contribution >= 0.6 is 0 Å². The van der Waals surface area contributed by atoms with Gasteiger partial charge in [0.05, 0.1) is 38.6 Å². The molecule has 4 saturated carbocycles. The van der Waals surface area contributed by atoms with Crippen molar-refractivity contribution in [3.8, 4) is 0 Å². The summed E-state index contributed by atoms with van der Waals surface area (Å²) in [7, 11) is 0. The maximum absolute atomic E-state index is 12.0. The van der Waals surface area contributed by atoms with E-state index in [-0.39, 0.29) is 54.0 Å². The SMILES string of the molecule is CC(CCC1(O)OC2CC3C4CCC5CC(OC6OC(CO)C(OC7OCC(O)C(O)C7O)C(O)C6O)CCC5(C)C4CCC3(C)C2C1C)COC1OC(CO)C(O)C(O)C1O. The molecule has 358 valence electrons. The van der Waals surface area contributed by atoms with Gasteiger partial charge >= 0.3 is 0 Å². The Morgan fingerprint density at radius 1 is 0.694 bits per heavy atom. The highest BCUT2D eigenvalue weighted by molar-refractivity contribution is 5.15. The Kier molecular flexibility index (Phi) is 14.2. The van der Waals surface area contributed by atoms with E-state index in [0.29, 0.717) is 36.5 Å². The number of hydrogen-bond donors (Lipinski definition) is 11. The summed E-state index contributed by atoms with van der Waals surface area (Å²) in [4.78, 5) is 0. The molecule has 26 unspecified atom stereocenters. The monoisotopic (exact) mass is 890 g/mol. The van der Waals surface area contributed by atoms with Gasteiger partial charge in [-0.1, -0.05) is 27.7 Å². The highest BCUT2D eigenvalue weighted by Gasteiger charge is 2.68. The molecule has 4 heterocycles. The summed E-state index contributed by atoms with van der Waals surface area (Å²) in [6, 6.07) is 0. The van der Waals surface area contributed by atoms with E-state index in [1.165, 1.54) is 0 Å². The third kappa shape index (κ3) is 8.35. The lowest BCUT2D eigenvalue weighted by atomic mass is 9.44. The van der Waals surface area contributed by atoms with Crippen LogP contribution in [0.1, 0.15) is 91.9 Å². The van der Waals surface area contributed by atoms with Crippen LogP contribution in [0.3, 0.4) is 0 Å². The predicted octanol–water partition coefficient (Wildman–Crippen LogP) is -1.14. The number of aliphatic hydroxyl groups is 11. The lowest BCUT2D eigenvalue weighted by molar-refractivity contribution is -0.354. The van der Waals surface area contributed by atoms with E-state index in [9.17, 15) is 56.2 Å². The quantitative estimate of drug-likeness (QED) is 0.103. The highest BCUT2D eigenvalue weighted by atomic mass is 16.7. The third-order valence-electron chi connectivity index (χ3n) is 17.6. The molecule has 4 saturated heterocycles. The highest BCUT2D eigenvalue weighted by Crippen LogP contribution is 2.71. The Labute approximate surface area is 363 Å². The van der Waals surface area contributed by atoms with Crippen molar-refractivity contribution in [2.24, 2.45) is 52.3 Å². The number of fused-ring (bicyclic) bond motifs is 7. The summed E-state index contributed by atoms with van der Waals surface area (Å²) in [5.41, 5.74) is 0.124. The van der Waals surface area contributed by atoms with Gasteiger partial charge in [-0.05, 0) is 104 Å². The van der Waals surface area contributed by atoms with Crippen molar-refractivity contribution in [3.05, 3.63) is 0 Å². The average Bonchev–Trinajstić information content (AvgIpc) is 3.69. The summed E-state index contributed by atoms with van der Waals surface area (Å²) in [6.07, 6.45) is -10.9. The van der Waals surface area contributed by atoms with Crippen LogP contribution in [0.15, 0.2) is 0 Å². The molecule has 0 amide bonds. The van der Waals surface area contributed by atoms with E-state index in [1.54, 1.807) is 0 Å². The van der Waals surface area contributed by atoms with E-state index in [2.05, 4.69) is 20.8 Å². The largest absolute Gasteiger partial charge is 0.394 e. The lowest BCUT2D eigenvalue weighted by Crippen LogP contribution is -2.63. The minimum atomic E-state index is -1.62. The fraction of sp³-hybridized carbons (Fsp3) is 1.00. The minimum absolute atomic E-state index is 0.0272. The van der Waals surface area contributed by atoms with Crippen molar-refractivity contribution in [3.63, 3.8) is 0 Å². The molecule has 4 aliphatic heterocycles. The normalized spacial score (nSPS) is 55.8. The van der Waals surface area contributed by atoms with Crippen molar-refractivity contribution in [2.45, 2.75) is 196 Å². The fourth-order valence-corrected chi connectivity index (χ4v) is 13.9. The molecule has 0 bridgehead atoms. The summed E-state index contributed by atoms with van der Waals surface area (Å²) in [5.74, 6) is 0.766. The second-order valence-corrected chi connectivity index (χ2v) is 21.0. The first-order valence-corrected chi connectivity index (χ1v) is 23.3. The first-order valence-electron chi connectivity index (χ1n) is 23.3. The summed E-state index contributed by atoms with van der Waals surface area (Å²) in [5, 5.41) is 115. The van der Waals surface area contributed by atoms with Crippen LogP contribution in [0.2, 0.25) is 0 Å². The molecule has 4 aliphatic carbocycles. The molecule has 62 heavy (non-hydrogen) atoms. The molecule has 18 nitrogen and oxygen atoms in total. The summed E-state index contributed by atoms with van der Waals surface area (Å²) in [6.45, 7) is 7.74. The standard InChI is InChI=1S/C44H74O18/c1-19(17-56-39-36(53)33(50)32(49)28(15-45)59-39)7-12-44(55)20(2)30-27(62-44)14-25-23-6-5-21-13-22(8-10-42(21,3)24(23)9-11-43(25,30)4)58-41-37(54)34(51)38(29(16-46)60-41)61-40-35(52)31(48)26(47)18-57-40/h19-41,45-55H,5-18H2,1-4H3. The van der Waals surface area contributed by atoms with Crippen LogP contribution < -0.4 is 0 Å². The van der Waals surface area contributed by atoms with Crippen molar-refractivity contribution in [2.75, 3.05) is 26.4 Å². The molecule has 26 atom stereocenters. The maximum Gasteiger partial charge on any atom is 0.186 e. The van der Waals surface area contributed by atoms with E-state index in [1.807, 2.05) is 6.92 Å². The molecular formula is C44H74O18. The van der Waals surface area contributed by atoms with E-state index in [4.69, 9.17) is 33.2 Å². The molecule has 8 fully saturated rings. The van der Waals surface area contributed by atoms with Gasteiger partial charge in [-0.25, -0.2) is 0 Å². The zero-order chi connectivity index (χ0) is 44.6. The molecular weight excluding hydrogens is 816 g/mol. The van der Waals surface area contributed by atoms with Crippen molar-refractivity contribution >= 4 is 0 Å². The predicted molar refractivity (Wildman–Crippen MR) is 213 cm³/mol. The molecule has 18 heteroatoms. The Hall–Kier alpha value is -0.720. The second-order valence-electron chi connectivity index (χ2n) is 21.0. The van der Waals surface area contributed by atoms with Crippen LogP contribution in [0.4, 0.5) is 0 Å². The van der Waals surface area contributed by atoms with Crippen LogP contribution in [-0.2, 0) is 33.2 Å². The lowest BCUT2D eigenvalue weighted by Gasteiger charge is -2.61. The Bertz CT molecular complexity index is 1510. The van der Waals surface area contributed by atoms with E-state index >= 15 is 0 Å². The van der Waals surface area contributed by atoms with Gasteiger partial charge in [-0.2, -0.15) is 0 Å². The van der Waals surface area contributed by atoms with E-state index in [0.717, 1.165) is 51.4 Å². The summed E-state index contributed by atoms with van der Waals surface area (Å²) < 4.78 is 41.4. The Morgan fingerprint density at radius 3 is 2.10 bits per heavy atom. The molecule has 8 aliphatic rings. The molecule has 8 rings (SSSR count). The second kappa shape index (κ2) is 18.4. The van der Waals surface area contributed by atoms with Crippen molar-refractivity contribution in [1.29, 1.82) is 0 Å². The van der Waals surface area contributed by atoms with Crippen molar-refractivity contribution in [1.82, 2.24) is 0 Å². The van der Waals surface area contributed by atoms with Gasteiger partial charge in [0.2, 0.25) is 0 Å². The van der Waals surface area contributed by atoms with Crippen LogP contribution in [-0.4, -0.2) is 187 Å². The molecule has 11 N–H and O–H groups in total. The summed E-state index contributed by atoms with van der Waals surface area (Å²) >= 11 is 0. The molecule has 0 spiro atoms. The van der Waals surface area contributed by atoms with Gasteiger partial charge in [0.15, 0.2) is 24.7 Å². The van der Waals surface area contributed by atoms with Gasteiger partial charge in [0.25, 0.3) is 0 Å². The molecule has 0 aromatic rings. The van der Waals surface area contributed by atoms with Gasteiger partial charge in [0.1, 0.15) is 67.1 Å². The molecule has 0 aromatic heterocycles. The smallest absolute Gasteiger partial charge is 0.186 e. The average molecular weight is 891 g/mol. The number of ether oxygens (including phenoxy) is 7. The first kappa shape index (κ1) is 47.8. The third-order valence-corrected chi connectivity index (χ3v) is 17.6. The van der Waals surface area contributed by atoms with Crippen LogP contribution in [0.5, 0.6) is 0 Å². The maximum atomic E-state index is 12.0. The van der Waals surface area contributed by atoms with Crippen LogP contribution in [0.25, 0.3) is 0 Å². The Morgan fingerprint density at radius 2 is 1.37 bits per heavy atom. The topological polar surface area (TPSA) is 287 Å². The van der Waals surface area contributed by atoms with Crippen molar-refractivity contribution < 1.29 is 89.3 Å². The van der Waals surface area contributed by atoms with Gasteiger partial charge in [-0.15, -0.1) is 0 Å². The fourth-order valence-electron chi connectivity index (χ4n) is 13.9. The molecule has 0 radical (unpaired) electrons. The number of rotatable bonds is 12. The number of aliphatic hydroxyl groups excluding tert-OH is 10.